The van der Waals surface area contributed by atoms with Crippen LogP contribution < -0.4 is 5.32 Å². The third kappa shape index (κ3) is 7.52. The van der Waals surface area contributed by atoms with Crippen molar-refractivity contribution in [2.45, 2.75) is 137 Å². The van der Waals surface area contributed by atoms with Crippen molar-refractivity contribution in [2.75, 3.05) is 13.6 Å². The number of ether oxygens (including phenoxy) is 1. The summed E-state index contributed by atoms with van der Waals surface area (Å²) in [5.74, 6) is 4.52. The van der Waals surface area contributed by atoms with E-state index in [1.165, 1.54) is 77.0 Å². The fraction of sp³-hybridized carbons (Fsp3) is 0.882. The minimum atomic E-state index is 0.124. The van der Waals surface area contributed by atoms with E-state index < -0.39 is 0 Å². The number of rotatable bonds is 13. The normalized spacial score (nSPS) is 35.7. The van der Waals surface area contributed by atoms with Crippen molar-refractivity contribution in [1.82, 2.24) is 5.32 Å². The predicted molar refractivity (Wildman–Crippen MR) is 158 cm³/mol. The largest absolute Gasteiger partial charge is 0.464 e. The predicted octanol–water partition coefficient (Wildman–Crippen LogP) is 8.29. The van der Waals surface area contributed by atoms with Gasteiger partial charge in [0, 0.05) is 12.8 Å². The van der Waals surface area contributed by atoms with Gasteiger partial charge in [-0.3, -0.25) is 4.79 Å². The van der Waals surface area contributed by atoms with Gasteiger partial charge in [0.05, 0.1) is 0 Å². The van der Waals surface area contributed by atoms with Crippen molar-refractivity contribution in [2.24, 2.45) is 40.4 Å². The van der Waals surface area contributed by atoms with Crippen LogP contribution in [-0.2, 0) is 14.3 Å². The van der Waals surface area contributed by atoms with Gasteiger partial charge in [-0.2, -0.15) is 0 Å². The van der Waals surface area contributed by atoms with Gasteiger partial charge in [-0.15, -0.1) is 0 Å². The zero-order valence-electron chi connectivity index (χ0n) is 25.4. The van der Waals surface area contributed by atoms with Crippen molar-refractivity contribution in [3.63, 3.8) is 0 Å². The molecule has 0 bridgehead atoms. The van der Waals surface area contributed by atoms with Crippen LogP contribution in [0.5, 0.6) is 0 Å². The molecule has 3 fully saturated rings. The van der Waals surface area contributed by atoms with E-state index >= 15 is 0 Å². The number of hydrogen-bond acceptors (Lipinski definition) is 4. The van der Waals surface area contributed by atoms with Gasteiger partial charge in [0.1, 0.15) is 12.4 Å². The molecule has 3 saturated carbocycles. The Balaban J connectivity index is 0.000000383. The summed E-state index contributed by atoms with van der Waals surface area (Å²) >= 11 is 0. The molecule has 7 atom stereocenters. The summed E-state index contributed by atoms with van der Waals surface area (Å²) in [6, 6.07) is 0. The second-order valence-electron chi connectivity index (χ2n) is 14.0. The molecular weight excluding hydrogens is 470 g/mol. The fourth-order valence-corrected chi connectivity index (χ4v) is 9.05. The lowest BCUT2D eigenvalue weighted by Crippen LogP contribution is -2.50. The highest BCUT2D eigenvalue weighted by Gasteiger charge is 2.58. The molecule has 0 aromatic rings. The molecule has 0 radical (unpaired) electrons. The first-order valence-electron chi connectivity index (χ1n) is 16.2. The van der Waals surface area contributed by atoms with E-state index in [0.717, 1.165) is 68.1 Å². The molecule has 0 aliphatic heterocycles. The summed E-state index contributed by atoms with van der Waals surface area (Å²) in [5.41, 5.74) is 2.57. The summed E-state index contributed by atoms with van der Waals surface area (Å²) in [4.78, 5) is 20.6. The zero-order chi connectivity index (χ0) is 27.6. The first-order valence-corrected chi connectivity index (χ1v) is 16.2. The molecule has 4 nitrogen and oxygen atoms in total. The number of hydrogen-bond donors (Lipinski definition) is 1. The van der Waals surface area contributed by atoms with E-state index in [-0.39, 0.29) is 6.10 Å². The minimum Gasteiger partial charge on any atom is -0.464 e. The highest BCUT2D eigenvalue weighted by atomic mass is 16.5. The van der Waals surface area contributed by atoms with Gasteiger partial charge in [-0.05, 0) is 118 Å². The maximum atomic E-state index is 10.8. The molecule has 218 valence electrons. The smallest absolute Gasteiger partial charge is 0.293 e. The molecule has 0 heterocycles. The van der Waals surface area contributed by atoms with Crippen LogP contribution in [0.15, 0.2) is 11.6 Å². The van der Waals surface area contributed by atoms with E-state index in [0.29, 0.717) is 17.3 Å². The average Bonchev–Trinajstić information content (AvgIpc) is 3.23. The topological polar surface area (TPSA) is 55.4 Å². The Morgan fingerprint density at radius 3 is 2.53 bits per heavy atom. The Labute approximate surface area is 234 Å². The second-order valence-corrected chi connectivity index (χ2v) is 14.0. The van der Waals surface area contributed by atoms with Crippen LogP contribution in [0.3, 0.4) is 0 Å². The maximum absolute atomic E-state index is 10.8. The van der Waals surface area contributed by atoms with Crippen molar-refractivity contribution < 1.29 is 14.3 Å². The van der Waals surface area contributed by atoms with Crippen molar-refractivity contribution >= 4 is 12.8 Å². The van der Waals surface area contributed by atoms with Gasteiger partial charge in [-0.25, -0.2) is 0 Å². The average molecular weight is 530 g/mol. The summed E-state index contributed by atoms with van der Waals surface area (Å²) in [5, 5.41) is 3.06. The minimum absolute atomic E-state index is 0.124. The van der Waals surface area contributed by atoms with Crippen molar-refractivity contribution in [3.05, 3.63) is 11.6 Å². The molecule has 0 aromatic heterocycles. The fourth-order valence-electron chi connectivity index (χ4n) is 9.05. The lowest BCUT2D eigenvalue weighted by atomic mass is 9.47. The lowest BCUT2D eigenvalue weighted by Gasteiger charge is -2.58. The van der Waals surface area contributed by atoms with Gasteiger partial charge in [0.15, 0.2) is 0 Å². The number of aldehydes is 1. The molecule has 4 aliphatic carbocycles. The van der Waals surface area contributed by atoms with E-state index in [2.05, 4.69) is 39.1 Å². The molecule has 4 heteroatoms. The number of allylic oxidation sites excluding steroid dienone is 1. The molecule has 38 heavy (non-hydrogen) atoms. The van der Waals surface area contributed by atoms with Crippen molar-refractivity contribution in [3.8, 4) is 0 Å². The summed E-state index contributed by atoms with van der Waals surface area (Å²) < 4.78 is 5.35. The highest BCUT2D eigenvalue weighted by Crippen LogP contribution is 2.66. The molecule has 0 spiro atoms. The van der Waals surface area contributed by atoms with Crippen LogP contribution in [0.1, 0.15) is 130 Å². The van der Waals surface area contributed by atoms with Crippen molar-refractivity contribution in [1.29, 1.82) is 0 Å². The Kier molecular flexibility index (Phi) is 12.4. The molecule has 0 amide bonds. The summed E-state index contributed by atoms with van der Waals surface area (Å²) in [6.07, 6.45) is 23.9. The molecule has 0 saturated heterocycles. The van der Waals surface area contributed by atoms with Crippen LogP contribution in [0.2, 0.25) is 0 Å². The van der Waals surface area contributed by atoms with Crippen LogP contribution >= 0.6 is 0 Å². The first-order chi connectivity index (χ1) is 18.3. The molecule has 1 N–H and O–H groups in total. The van der Waals surface area contributed by atoms with E-state index in [4.69, 9.17) is 4.74 Å². The Morgan fingerprint density at radius 1 is 1.00 bits per heavy atom. The Hall–Kier alpha value is -1.16. The summed E-state index contributed by atoms with van der Waals surface area (Å²) in [7, 11) is 1.94. The van der Waals surface area contributed by atoms with Gasteiger partial charge in [0.2, 0.25) is 0 Å². The Morgan fingerprint density at radius 2 is 1.82 bits per heavy atom. The second kappa shape index (κ2) is 15.0. The zero-order valence-corrected chi connectivity index (χ0v) is 25.4. The van der Waals surface area contributed by atoms with E-state index in [1.807, 2.05) is 7.05 Å². The van der Waals surface area contributed by atoms with Crippen LogP contribution in [0.4, 0.5) is 0 Å². The van der Waals surface area contributed by atoms with Gasteiger partial charge >= 0.3 is 0 Å². The van der Waals surface area contributed by atoms with E-state index in [1.54, 1.807) is 5.57 Å². The lowest BCUT2D eigenvalue weighted by molar-refractivity contribution is -0.136. The number of fused-ring (bicyclic) bond motifs is 5. The number of carbonyl (C=O) groups excluding carboxylic acids is 2. The number of unbranched alkanes of at least 4 members (excludes halogenated alkanes) is 4. The standard InChI is InChI=1S/C27H44O2.C7H15NO/c1-19(2)7-5-6-8-20-10-12-24-23-11-9-21-17-22(29-18-28)13-15-27(21,4)25(23)14-16-26(20,24)3;1-8-6-4-2-3-5-7-9/h9,18-20,22-25H,5-8,10-17H2,1-4H3;7-8H,2-6H2,1H3. The van der Waals surface area contributed by atoms with E-state index in [9.17, 15) is 9.59 Å². The molecule has 0 aromatic carbocycles. The Bertz CT molecular complexity index is 763. The van der Waals surface area contributed by atoms with Crippen LogP contribution in [-0.4, -0.2) is 32.5 Å². The number of nitrogens with one attached hydrogen (secondary N) is 1. The first kappa shape index (κ1) is 31.4. The van der Waals surface area contributed by atoms with Gasteiger partial charge < -0.3 is 14.8 Å². The quantitative estimate of drug-likeness (QED) is 0.148. The molecule has 7 unspecified atom stereocenters. The monoisotopic (exact) mass is 529 g/mol. The SMILES string of the molecule is CC(C)CCCCC1CCC2C3CC=C4CC(OC=O)CCC4(C)C3CCC12C.CNCCCCCC=O. The maximum Gasteiger partial charge on any atom is 0.293 e. The third-order valence-corrected chi connectivity index (χ3v) is 11.3. The number of carbonyl (C=O) groups is 2. The van der Waals surface area contributed by atoms with Crippen LogP contribution in [0, 0.1) is 40.4 Å². The summed E-state index contributed by atoms with van der Waals surface area (Å²) in [6.45, 7) is 11.7. The van der Waals surface area contributed by atoms with Crippen LogP contribution in [0.25, 0.3) is 0 Å². The molecule has 4 rings (SSSR count). The molecule has 4 aliphatic rings. The third-order valence-electron chi connectivity index (χ3n) is 11.3. The van der Waals surface area contributed by atoms with Gasteiger partial charge in [0.25, 0.3) is 6.47 Å². The highest BCUT2D eigenvalue weighted by molar-refractivity contribution is 5.48. The molecular formula is C34H59NO3. The van der Waals surface area contributed by atoms with Gasteiger partial charge in [-0.1, -0.05) is 65.0 Å².